The summed E-state index contributed by atoms with van der Waals surface area (Å²) in [7, 11) is 3.23. The molecule has 9 nitrogen and oxygen atoms in total. The maximum Gasteiger partial charge on any atom is 0.312 e. The van der Waals surface area contributed by atoms with Crippen LogP contribution >= 0.6 is 11.6 Å². The van der Waals surface area contributed by atoms with Gasteiger partial charge in [0, 0.05) is 13.1 Å². The van der Waals surface area contributed by atoms with Crippen molar-refractivity contribution in [3.05, 3.63) is 100 Å². The minimum absolute atomic E-state index is 0.0194. The zero-order valence-corrected chi connectivity index (χ0v) is 27.5. The number of pyridine rings is 1. The Balaban J connectivity index is 1.38. The van der Waals surface area contributed by atoms with Crippen LogP contribution in [0.25, 0.3) is 22.2 Å². The summed E-state index contributed by atoms with van der Waals surface area (Å²) in [6.07, 6.45) is -0.294. The van der Waals surface area contributed by atoms with Crippen molar-refractivity contribution in [2.24, 2.45) is 5.92 Å². The SMILES string of the molecule is COc1ccc(CN(Cc2ccc(OC)cc2)c2cc(C)cc(-c3c(Cl)cc4c(OC(=O)C[C@@H]5CCNC5)nc(F)nc4c3F)n2)cc1. The van der Waals surface area contributed by atoms with Crippen LogP contribution in [-0.2, 0) is 17.9 Å². The van der Waals surface area contributed by atoms with Crippen molar-refractivity contribution < 1.29 is 27.8 Å². The van der Waals surface area contributed by atoms with Crippen molar-refractivity contribution in [2.75, 3.05) is 32.2 Å². The number of nitrogens with one attached hydrogen (secondary N) is 1. The minimum Gasteiger partial charge on any atom is -0.497 e. The summed E-state index contributed by atoms with van der Waals surface area (Å²) >= 11 is 6.71. The molecule has 6 rings (SSSR count). The highest BCUT2D eigenvalue weighted by atomic mass is 35.5. The van der Waals surface area contributed by atoms with E-state index in [9.17, 15) is 9.18 Å². The molecule has 2 aromatic heterocycles. The van der Waals surface area contributed by atoms with Crippen LogP contribution in [-0.4, -0.2) is 48.2 Å². The smallest absolute Gasteiger partial charge is 0.312 e. The van der Waals surface area contributed by atoms with Gasteiger partial charge in [0.25, 0.3) is 0 Å². The Kier molecular flexibility index (Phi) is 9.98. The van der Waals surface area contributed by atoms with Crippen LogP contribution in [0.3, 0.4) is 0 Å². The molecule has 48 heavy (non-hydrogen) atoms. The predicted octanol–water partition coefficient (Wildman–Crippen LogP) is 7.06. The number of benzene rings is 3. The summed E-state index contributed by atoms with van der Waals surface area (Å²) in [6, 6.07) is 20.4. The molecule has 0 aliphatic carbocycles. The molecule has 5 aromatic rings. The number of methoxy groups -OCH3 is 2. The number of hydrogen-bond acceptors (Lipinski definition) is 9. The number of rotatable bonds is 11. The minimum atomic E-state index is -1.23. The van der Waals surface area contributed by atoms with E-state index in [1.807, 2.05) is 61.5 Å². The zero-order valence-electron chi connectivity index (χ0n) is 26.7. The topological polar surface area (TPSA) is 98.7 Å². The second-order valence-corrected chi connectivity index (χ2v) is 12.1. The highest BCUT2D eigenvalue weighted by molar-refractivity contribution is 6.34. The Morgan fingerprint density at radius 1 is 0.938 bits per heavy atom. The molecule has 1 atom stereocenters. The Morgan fingerprint density at radius 3 is 2.17 bits per heavy atom. The zero-order chi connectivity index (χ0) is 33.8. The van der Waals surface area contributed by atoms with E-state index in [1.54, 1.807) is 20.3 Å². The van der Waals surface area contributed by atoms with E-state index in [0.29, 0.717) is 25.5 Å². The number of carbonyl (C=O) groups is 1. The number of esters is 1. The number of carbonyl (C=O) groups excluding carboxylic acids is 1. The van der Waals surface area contributed by atoms with Gasteiger partial charge in [0.05, 0.1) is 42.3 Å². The maximum absolute atomic E-state index is 16.4. The number of aromatic nitrogens is 3. The van der Waals surface area contributed by atoms with E-state index < -0.39 is 17.9 Å². The summed E-state index contributed by atoms with van der Waals surface area (Å²) in [5.41, 5.74) is 2.60. The van der Waals surface area contributed by atoms with Gasteiger partial charge < -0.3 is 24.4 Å². The second-order valence-electron chi connectivity index (χ2n) is 11.7. The quantitative estimate of drug-likeness (QED) is 0.117. The van der Waals surface area contributed by atoms with E-state index in [2.05, 4.69) is 20.2 Å². The molecule has 0 saturated carbocycles. The first-order chi connectivity index (χ1) is 23.2. The lowest BCUT2D eigenvalue weighted by atomic mass is 10.0. The van der Waals surface area contributed by atoms with Crippen molar-refractivity contribution >= 4 is 34.3 Å². The molecule has 3 heterocycles. The molecule has 0 bridgehead atoms. The summed E-state index contributed by atoms with van der Waals surface area (Å²) in [5, 5.41) is 3.15. The third-order valence-corrected chi connectivity index (χ3v) is 8.55. The molecule has 1 saturated heterocycles. The molecule has 0 radical (unpaired) electrons. The van der Waals surface area contributed by atoms with Gasteiger partial charge >= 0.3 is 12.0 Å². The van der Waals surface area contributed by atoms with Gasteiger partial charge in [-0.15, -0.1) is 0 Å². The van der Waals surface area contributed by atoms with Crippen LogP contribution in [0.5, 0.6) is 17.4 Å². The molecule has 12 heteroatoms. The molecule has 0 spiro atoms. The lowest BCUT2D eigenvalue weighted by Crippen LogP contribution is -2.23. The van der Waals surface area contributed by atoms with Crippen molar-refractivity contribution in [1.29, 1.82) is 0 Å². The van der Waals surface area contributed by atoms with E-state index >= 15 is 4.39 Å². The Morgan fingerprint density at radius 2 is 1.58 bits per heavy atom. The van der Waals surface area contributed by atoms with Gasteiger partial charge in [-0.05, 0) is 91.5 Å². The van der Waals surface area contributed by atoms with Crippen LogP contribution in [0.15, 0.2) is 66.7 Å². The summed E-state index contributed by atoms with van der Waals surface area (Å²) in [6.45, 7) is 4.32. The Hall–Kier alpha value is -4.87. The van der Waals surface area contributed by atoms with E-state index in [0.717, 1.165) is 41.2 Å². The number of halogens is 3. The third kappa shape index (κ3) is 7.48. The number of nitrogens with zero attached hydrogens (tertiary/aromatic N) is 4. The number of aryl methyl sites for hydroxylation is 1. The average molecular weight is 674 g/mol. The predicted molar refractivity (Wildman–Crippen MR) is 180 cm³/mol. The number of anilines is 1. The molecule has 1 N–H and O–H groups in total. The number of hydrogen-bond donors (Lipinski definition) is 1. The molecule has 1 aliphatic rings. The Labute approximate surface area is 281 Å². The van der Waals surface area contributed by atoms with Crippen LogP contribution in [0.4, 0.5) is 14.6 Å². The normalized spacial score (nSPS) is 14.2. The number of ether oxygens (including phenoxy) is 3. The van der Waals surface area contributed by atoms with Gasteiger partial charge in [-0.2, -0.15) is 14.4 Å². The molecule has 0 unspecified atom stereocenters. The molecular formula is C36H34ClF2N5O4. The largest absolute Gasteiger partial charge is 0.497 e. The van der Waals surface area contributed by atoms with E-state index in [1.165, 1.54) is 6.07 Å². The van der Waals surface area contributed by atoms with Gasteiger partial charge in [-0.3, -0.25) is 4.79 Å². The lowest BCUT2D eigenvalue weighted by Gasteiger charge is -2.25. The molecule has 0 amide bonds. The van der Waals surface area contributed by atoms with E-state index in [-0.39, 0.29) is 45.4 Å². The van der Waals surface area contributed by atoms with E-state index in [4.69, 9.17) is 30.8 Å². The lowest BCUT2D eigenvalue weighted by molar-refractivity contribution is -0.135. The third-order valence-electron chi connectivity index (χ3n) is 8.25. The standard InChI is InChI=1S/C36H34ClF2N5O4/c1-21-14-29(32-28(37)17-27-34(33(32)38)42-36(39)43-35(27)48-31(45)16-24-12-13-40-18-24)41-30(15-21)44(19-22-4-8-25(46-2)9-5-22)20-23-6-10-26(47-3)11-7-23/h4-11,14-15,17,24,40H,12-13,16,18-20H2,1-3H3/t24-/m0/s1. The fourth-order valence-electron chi connectivity index (χ4n) is 5.79. The van der Waals surface area contributed by atoms with Crippen molar-refractivity contribution in [1.82, 2.24) is 20.3 Å². The van der Waals surface area contributed by atoms with Gasteiger partial charge in [0.15, 0.2) is 5.82 Å². The van der Waals surface area contributed by atoms with Crippen molar-refractivity contribution in [2.45, 2.75) is 32.9 Å². The molecule has 248 valence electrons. The van der Waals surface area contributed by atoms with Crippen LogP contribution in [0.2, 0.25) is 5.02 Å². The highest BCUT2D eigenvalue weighted by Crippen LogP contribution is 2.38. The summed E-state index contributed by atoms with van der Waals surface area (Å²) < 4.78 is 47.1. The maximum atomic E-state index is 16.4. The summed E-state index contributed by atoms with van der Waals surface area (Å²) in [4.78, 5) is 27.0. The van der Waals surface area contributed by atoms with Gasteiger partial charge in [-0.25, -0.2) is 9.37 Å². The first-order valence-electron chi connectivity index (χ1n) is 15.5. The monoisotopic (exact) mass is 673 g/mol. The molecular weight excluding hydrogens is 640 g/mol. The van der Waals surface area contributed by atoms with Crippen molar-refractivity contribution in [3.8, 4) is 28.6 Å². The fourth-order valence-corrected chi connectivity index (χ4v) is 6.08. The fraction of sp³-hybridized carbons (Fsp3) is 0.278. The van der Waals surface area contributed by atoms with Crippen LogP contribution in [0.1, 0.15) is 29.5 Å². The first kappa shape index (κ1) is 33.0. The van der Waals surface area contributed by atoms with Crippen LogP contribution < -0.4 is 24.4 Å². The molecule has 1 aliphatic heterocycles. The second kappa shape index (κ2) is 14.5. The first-order valence-corrected chi connectivity index (χ1v) is 15.8. The summed E-state index contributed by atoms with van der Waals surface area (Å²) in [5.74, 6) is 0.252. The number of fused-ring (bicyclic) bond motifs is 1. The molecule has 3 aromatic carbocycles. The van der Waals surface area contributed by atoms with Crippen molar-refractivity contribution in [3.63, 3.8) is 0 Å². The van der Waals surface area contributed by atoms with Crippen LogP contribution in [0, 0.1) is 24.7 Å². The Bertz CT molecular complexity index is 1890. The van der Waals surface area contributed by atoms with Gasteiger partial charge in [-0.1, -0.05) is 35.9 Å². The highest BCUT2D eigenvalue weighted by Gasteiger charge is 2.25. The average Bonchev–Trinajstić information content (AvgIpc) is 3.58. The van der Waals surface area contributed by atoms with Gasteiger partial charge in [0.1, 0.15) is 22.8 Å². The molecule has 1 fully saturated rings. The van der Waals surface area contributed by atoms with Gasteiger partial charge in [0.2, 0.25) is 5.88 Å².